The molecule has 1 amide bonds. The Morgan fingerprint density at radius 3 is 2.79 bits per heavy atom. The smallest absolute Gasteiger partial charge is 0.252 e. The zero-order valence-corrected chi connectivity index (χ0v) is 12.8. The summed E-state index contributed by atoms with van der Waals surface area (Å²) >= 11 is 9.51. The van der Waals surface area contributed by atoms with Crippen molar-refractivity contribution in [2.24, 2.45) is 0 Å². The van der Waals surface area contributed by atoms with E-state index < -0.39 is 0 Å². The number of carbonyl (C=O) groups is 1. The lowest BCUT2D eigenvalue weighted by Gasteiger charge is -2.21. The highest BCUT2D eigenvalue weighted by molar-refractivity contribution is 9.10. The summed E-state index contributed by atoms with van der Waals surface area (Å²) in [6.45, 7) is 0. The standard InChI is InChI=1S/C14H16BrClFNO/c15-11-8-9(17)6-7-10(11)14(19)18-13-5-3-1-2-4-12(13)16/h6-8,12-13H,1-5H2,(H,18,19). The molecule has 2 rings (SSSR count). The van der Waals surface area contributed by atoms with Gasteiger partial charge in [-0.15, -0.1) is 11.6 Å². The van der Waals surface area contributed by atoms with Crippen LogP contribution in [0.1, 0.15) is 42.5 Å². The minimum absolute atomic E-state index is 0.00591. The molecule has 2 nitrogen and oxygen atoms in total. The van der Waals surface area contributed by atoms with Crippen LogP contribution < -0.4 is 5.32 Å². The molecule has 2 atom stereocenters. The Kier molecular flexibility index (Phi) is 5.22. The Labute approximate surface area is 125 Å². The van der Waals surface area contributed by atoms with E-state index >= 15 is 0 Å². The topological polar surface area (TPSA) is 29.1 Å². The van der Waals surface area contributed by atoms with Crippen LogP contribution in [0, 0.1) is 5.82 Å². The molecular weight excluding hydrogens is 333 g/mol. The Morgan fingerprint density at radius 1 is 1.32 bits per heavy atom. The average molecular weight is 349 g/mol. The molecule has 0 saturated heterocycles. The van der Waals surface area contributed by atoms with Gasteiger partial charge in [0.15, 0.2) is 0 Å². The number of hydrogen-bond acceptors (Lipinski definition) is 1. The normalized spacial score (nSPS) is 23.7. The van der Waals surface area contributed by atoms with Gasteiger partial charge in [-0.3, -0.25) is 4.79 Å². The summed E-state index contributed by atoms with van der Waals surface area (Å²) in [4.78, 5) is 12.2. The second-order valence-corrected chi connectivity index (χ2v) is 6.27. The Hall–Kier alpha value is -0.610. The number of hydrogen-bond donors (Lipinski definition) is 1. The molecule has 5 heteroatoms. The first-order valence-electron chi connectivity index (χ1n) is 6.48. The molecular formula is C14H16BrClFNO. The molecule has 0 spiro atoms. The van der Waals surface area contributed by atoms with E-state index in [0.29, 0.717) is 10.0 Å². The number of nitrogens with one attached hydrogen (secondary N) is 1. The molecule has 1 fully saturated rings. The average Bonchev–Trinajstić information content (AvgIpc) is 2.55. The van der Waals surface area contributed by atoms with Crippen LogP contribution in [0.15, 0.2) is 22.7 Å². The van der Waals surface area contributed by atoms with E-state index in [0.717, 1.165) is 32.1 Å². The molecule has 0 aromatic heterocycles. The van der Waals surface area contributed by atoms with Gasteiger partial charge in [-0.2, -0.15) is 0 Å². The Balaban J connectivity index is 2.07. The van der Waals surface area contributed by atoms with Gasteiger partial charge in [-0.25, -0.2) is 4.39 Å². The summed E-state index contributed by atoms with van der Waals surface area (Å²) in [7, 11) is 0. The number of carbonyl (C=O) groups excluding carboxylic acids is 1. The van der Waals surface area contributed by atoms with Gasteiger partial charge in [0, 0.05) is 10.5 Å². The number of benzene rings is 1. The van der Waals surface area contributed by atoms with E-state index in [-0.39, 0.29) is 23.1 Å². The van der Waals surface area contributed by atoms with Crippen molar-refractivity contribution in [2.75, 3.05) is 0 Å². The van der Waals surface area contributed by atoms with Crippen molar-refractivity contribution in [1.29, 1.82) is 0 Å². The minimum atomic E-state index is -0.367. The number of amides is 1. The first-order valence-corrected chi connectivity index (χ1v) is 7.71. The monoisotopic (exact) mass is 347 g/mol. The SMILES string of the molecule is O=C(NC1CCCCCC1Cl)c1ccc(F)cc1Br. The molecule has 0 heterocycles. The van der Waals surface area contributed by atoms with Crippen LogP contribution in [0.2, 0.25) is 0 Å². The largest absolute Gasteiger partial charge is 0.348 e. The van der Waals surface area contributed by atoms with Crippen molar-refractivity contribution in [3.8, 4) is 0 Å². The van der Waals surface area contributed by atoms with Crippen molar-refractivity contribution in [3.63, 3.8) is 0 Å². The van der Waals surface area contributed by atoms with E-state index in [1.54, 1.807) is 0 Å². The van der Waals surface area contributed by atoms with Gasteiger partial charge in [0.2, 0.25) is 0 Å². The van der Waals surface area contributed by atoms with E-state index in [1.807, 2.05) is 0 Å². The molecule has 1 aliphatic carbocycles. The number of rotatable bonds is 2. The van der Waals surface area contributed by atoms with Crippen LogP contribution in [0.5, 0.6) is 0 Å². The third kappa shape index (κ3) is 3.93. The maximum absolute atomic E-state index is 13.0. The summed E-state index contributed by atoms with van der Waals surface area (Å²) in [5, 5.41) is 2.94. The third-order valence-electron chi connectivity index (χ3n) is 3.42. The second kappa shape index (κ2) is 6.71. The van der Waals surface area contributed by atoms with Gasteiger partial charge in [0.05, 0.1) is 10.9 Å². The maximum Gasteiger partial charge on any atom is 0.252 e. The predicted octanol–water partition coefficient (Wildman–Crippen LogP) is 4.26. The van der Waals surface area contributed by atoms with Gasteiger partial charge in [0.25, 0.3) is 5.91 Å². The molecule has 0 radical (unpaired) electrons. The summed E-state index contributed by atoms with van der Waals surface area (Å²) in [6, 6.07) is 4.05. The molecule has 0 aliphatic heterocycles. The lowest BCUT2D eigenvalue weighted by atomic mass is 10.1. The summed E-state index contributed by atoms with van der Waals surface area (Å²) in [5.41, 5.74) is 0.439. The van der Waals surface area contributed by atoms with Gasteiger partial charge < -0.3 is 5.32 Å². The highest BCUT2D eigenvalue weighted by Gasteiger charge is 2.24. The highest BCUT2D eigenvalue weighted by atomic mass is 79.9. The summed E-state index contributed by atoms with van der Waals surface area (Å²) < 4.78 is 13.5. The lowest BCUT2D eigenvalue weighted by molar-refractivity contribution is 0.0933. The first-order chi connectivity index (χ1) is 9.08. The fourth-order valence-corrected chi connectivity index (χ4v) is 3.22. The predicted molar refractivity (Wildman–Crippen MR) is 78.1 cm³/mol. The molecule has 0 bridgehead atoms. The lowest BCUT2D eigenvalue weighted by Crippen LogP contribution is -2.40. The summed E-state index contributed by atoms with van der Waals surface area (Å²) in [5.74, 6) is -0.572. The van der Waals surface area contributed by atoms with Gasteiger partial charge in [0.1, 0.15) is 5.82 Å². The fourth-order valence-electron chi connectivity index (χ4n) is 2.34. The van der Waals surface area contributed by atoms with Crippen LogP contribution in [0.4, 0.5) is 4.39 Å². The van der Waals surface area contributed by atoms with Crippen molar-refractivity contribution < 1.29 is 9.18 Å². The molecule has 104 valence electrons. The van der Waals surface area contributed by atoms with Crippen molar-refractivity contribution in [2.45, 2.75) is 43.5 Å². The minimum Gasteiger partial charge on any atom is -0.348 e. The first kappa shape index (κ1) is 14.8. The Morgan fingerprint density at radius 2 is 2.05 bits per heavy atom. The van der Waals surface area contributed by atoms with Gasteiger partial charge >= 0.3 is 0 Å². The van der Waals surface area contributed by atoms with Crippen LogP contribution in [0.3, 0.4) is 0 Å². The van der Waals surface area contributed by atoms with Crippen molar-refractivity contribution >= 4 is 33.4 Å². The number of alkyl halides is 1. The van der Waals surface area contributed by atoms with Crippen LogP contribution in [0.25, 0.3) is 0 Å². The molecule has 1 aromatic carbocycles. The van der Waals surface area contributed by atoms with Gasteiger partial charge in [-0.1, -0.05) is 19.3 Å². The fraction of sp³-hybridized carbons (Fsp3) is 0.500. The van der Waals surface area contributed by atoms with Crippen molar-refractivity contribution in [3.05, 3.63) is 34.1 Å². The maximum atomic E-state index is 13.0. The molecule has 1 aliphatic rings. The van der Waals surface area contributed by atoms with E-state index in [1.165, 1.54) is 18.2 Å². The van der Waals surface area contributed by atoms with E-state index in [4.69, 9.17) is 11.6 Å². The Bertz CT molecular complexity index is 469. The molecule has 1 saturated carbocycles. The highest BCUT2D eigenvalue weighted by Crippen LogP contribution is 2.24. The van der Waals surface area contributed by atoms with Crippen LogP contribution in [-0.2, 0) is 0 Å². The van der Waals surface area contributed by atoms with Crippen LogP contribution in [-0.4, -0.2) is 17.3 Å². The van der Waals surface area contributed by atoms with Crippen LogP contribution >= 0.6 is 27.5 Å². The van der Waals surface area contributed by atoms with Gasteiger partial charge in [-0.05, 0) is 47.0 Å². The number of halogens is 3. The molecule has 1 aromatic rings. The van der Waals surface area contributed by atoms with E-state index in [9.17, 15) is 9.18 Å². The zero-order valence-electron chi connectivity index (χ0n) is 10.5. The molecule has 2 unspecified atom stereocenters. The zero-order chi connectivity index (χ0) is 13.8. The second-order valence-electron chi connectivity index (χ2n) is 4.86. The van der Waals surface area contributed by atoms with Crippen molar-refractivity contribution in [1.82, 2.24) is 5.32 Å². The molecule has 1 N–H and O–H groups in total. The summed E-state index contributed by atoms with van der Waals surface area (Å²) in [6.07, 6.45) is 5.19. The molecule has 19 heavy (non-hydrogen) atoms. The van der Waals surface area contributed by atoms with E-state index in [2.05, 4.69) is 21.2 Å². The third-order valence-corrected chi connectivity index (χ3v) is 4.60. The quantitative estimate of drug-likeness (QED) is 0.628.